The summed E-state index contributed by atoms with van der Waals surface area (Å²) in [6.45, 7) is -0.582. The molecule has 50 heavy (non-hydrogen) atoms. The maximum Gasteiger partial charge on any atom is 0.422 e. The number of piperidine rings is 1. The highest BCUT2D eigenvalue weighted by Crippen LogP contribution is 2.48. The quantitative estimate of drug-likeness (QED) is 0.0962. The molecule has 264 valence electrons. The third kappa shape index (κ3) is 6.72. The molecule has 2 N–H and O–H groups in total. The smallest absolute Gasteiger partial charge is 0.422 e. The lowest BCUT2D eigenvalue weighted by molar-refractivity contribution is -0.384. The van der Waals surface area contributed by atoms with Gasteiger partial charge in [0.1, 0.15) is 6.10 Å². The molecule has 1 aromatic heterocycles. The molecular weight excluding hydrogens is 659 g/mol. The highest BCUT2D eigenvalue weighted by Gasteiger charge is 2.59. The van der Waals surface area contributed by atoms with Gasteiger partial charge in [-0.2, -0.15) is 13.2 Å². The van der Waals surface area contributed by atoms with E-state index in [1.165, 1.54) is 43.2 Å². The Kier molecular flexibility index (Phi) is 9.51. The highest BCUT2D eigenvalue weighted by molar-refractivity contribution is 5.87. The van der Waals surface area contributed by atoms with E-state index in [9.17, 15) is 20.0 Å². The van der Waals surface area contributed by atoms with Gasteiger partial charge in [-0.05, 0) is 61.1 Å². The number of rotatable bonds is 12. The molecular formula is C36H36F3N3O8. The van der Waals surface area contributed by atoms with Gasteiger partial charge in [0.15, 0.2) is 11.5 Å². The fourth-order valence-corrected chi connectivity index (χ4v) is 7.25. The van der Waals surface area contributed by atoms with E-state index in [0.29, 0.717) is 48.5 Å². The average Bonchev–Trinajstić information content (AvgIpc) is 3.55. The fraction of sp³-hybridized carbons (Fsp3) is 0.361. The maximum atomic E-state index is 15.2. The van der Waals surface area contributed by atoms with Crippen molar-refractivity contribution in [1.29, 1.82) is 0 Å². The summed E-state index contributed by atoms with van der Waals surface area (Å²) in [6, 6.07) is 15.2. The Morgan fingerprint density at radius 3 is 2.22 bits per heavy atom. The number of hydrogen-bond acceptors (Lipinski definition) is 8. The number of aliphatic hydroxyl groups is 1. The molecule has 0 amide bonds. The number of carboxylic acids is 1. The van der Waals surface area contributed by atoms with Crippen molar-refractivity contribution in [2.75, 3.05) is 20.8 Å². The molecule has 2 fully saturated rings. The van der Waals surface area contributed by atoms with Crippen molar-refractivity contribution in [1.82, 2.24) is 9.47 Å². The second-order valence-electron chi connectivity index (χ2n) is 12.7. The van der Waals surface area contributed by atoms with E-state index in [4.69, 9.17) is 19.3 Å². The molecule has 0 radical (unpaired) electrons. The topological polar surface area (TPSA) is 137 Å². The molecule has 2 saturated heterocycles. The summed E-state index contributed by atoms with van der Waals surface area (Å²) < 4.78 is 64.4. The summed E-state index contributed by atoms with van der Waals surface area (Å²) in [4.78, 5) is 23.7. The molecule has 2 bridgehead atoms. The van der Waals surface area contributed by atoms with Crippen LogP contribution in [0.5, 0.6) is 17.2 Å². The number of benzene rings is 3. The van der Waals surface area contributed by atoms with Crippen LogP contribution in [0.3, 0.4) is 0 Å². The van der Waals surface area contributed by atoms with Gasteiger partial charge < -0.3 is 29.0 Å². The third-order valence-electron chi connectivity index (χ3n) is 9.63. The fourth-order valence-electron chi connectivity index (χ4n) is 7.25. The molecule has 4 aromatic rings. The molecule has 2 aliphatic rings. The Morgan fingerprint density at radius 2 is 1.66 bits per heavy atom. The van der Waals surface area contributed by atoms with Crippen LogP contribution in [0, 0.1) is 10.1 Å². The van der Waals surface area contributed by atoms with Crippen LogP contribution < -0.4 is 14.2 Å². The van der Waals surface area contributed by atoms with Gasteiger partial charge in [0, 0.05) is 60.5 Å². The number of hydrogen-bond donors (Lipinski definition) is 2. The number of methoxy groups -OCH3 is 2. The molecule has 1 unspecified atom stereocenters. The lowest BCUT2D eigenvalue weighted by Crippen LogP contribution is -2.56. The summed E-state index contributed by atoms with van der Waals surface area (Å²) in [7, 11) is 2.87. The number of alkyl halides is 3. The zero-order valence-corrected chi connectivity index (χ0v) is 27.3. The molecule has 2 aliphatic heterocycles. The number of nitrogens with zero attached hydrogens (tertiary/aromatic N) is 3. The normalized spacial score (nSPS) is 20.6. The van der Waals surface area contributed by atoms with Gasteiger partial charge in [0.05, 0.1) is 24.7 Å². The maximum absolute atomic E-state index is 15.2. The van der Waals surface area contributed by atoms with Crippen molar-refractivity contribution in [3.05, 3.63) is 99.7 Å². The molecule has 11 nitrogen and oxygen atoms in total. The first-order valence-electron chi connectivity index (χ1n) is 16.0. The first kappa shape index (κ1) is 34.8. The summed E-state index contributed by atoms with van der Waals surface area (Å²) in [6.07, 6.45) is 0.109. The van der Waals surface area contributed by atoms with Crippen LogP contribution in [0.2, 0.25) is 0 Å². The number of carboxylic acid groups (broad SMARTS) is 1. The van der Waals surface area contributed by atoms with Crippen LogP contribution >= 0.6 is 0 Å². The van der Waals surface area contributed by atoms with Gasteiger partial charge in [-0.1, -0.05) is 30.3 Å². The van der Waals surface area contributed by atoms with Crippen molar-refractivity contribution in [2.24, 2.45) is 0 Å². The van der Waals surface area contributed by atoms with Crippen molar-refractivity contribution >= 4 is 28.6 Å². The Morgan fingerprint density at radius 1 is 1.02 bits per heavy atom. The first-order valence-corrected chi connectivity index (χ1v) is 16.0. The number of aliphatic carboxylic acids is 1. The summed E-state index contributed by atoms with van der Waals surface area (Å²) in [5.74, 6) is -0.206. The number of ether oxygens (including phenoxy) is 3. The van der Waals surface area contributed by atoms with Gasteiger partial charge >= 0.3 is 12.1 Å². The lowest BCUT2D eigenvalue weighted by atomic mass is 9.89. The summed E-state index contributed by atoms with van der Waals surface area (Å²) in [5, 5.41) is 32.5. The minimum Gasteiger partial charge on any atom is -0.493 e. The van der Waals surface area contributed by atoms with Gasteiger partial charge in [-0.3, -0.25) is 15.0 Å². The van der Waals surface area contributed by atoms with E-state index in [0.717, 1.165) is 17.7 Å². The average molecular weight is 696 g/mol. The predicted molar refractivity (Wildman–Crippen MR) is 177 cm³/mol. The monoisotopic (exact) mass is 695 g/mol. The minimum atomic E-state index is -5.08. The molecule has 3 aromatic carbocycles. The highest BCUT2D eigenvalue weighted by atomic mass is 19.4. The van der Waals surface area contributed by atoms with Crippen LogP contribution in [0.25, 0.3) is 17.0 Å². The molecule has 0 aliphatic carbocycles. The van der Waals surface area contributed by atoms with E-state index in [1.807, 2.05) is 6.07 Å². The summed E-state index contributed by atoms with van der Waals surface area (Å²) in [5.41, 5.74) is -2.43. The number of aromatic nitrogens is 1. The van der Waals surface area contributed by atoms with Gasteiger partial charge in [0.2, 0.25) is 11.4 Å². The molecule has 3 heterocycles. The second-order valence-corrected chi connectivity index (χ2v) is 12.7. The molecule has 4 atom stereocenters. The number of carbonyl (C=O) groups is 1. The largest absolute Gasteiger partial charge is 0.493 e. The van der Waals surface area contributed by atoms with Crippen molar-refractivity contribution in [3.8, 4) is 17.2 Å². The van der Waals surface area contributed by atoms with E-state index in [2.05, 4.69) is 0 Å². The van der Waals surface area contributed by atoms with Gasteiger partial charge in [-0.15, -0.1) is 0 Å². The van der Waals surface area contributed by atoms with Crippen LogP contribution in [0.1, 0.15) is 42.4 Å². The molecule has 14 heteroatoms. The van der Waals surface area contributed by atoms with E-state index in [1.54, 1.807) is 41.3 Å². The van der Waals surface area contributed by atoms with Crippen LogP contribution in [0.15, 0.2) is 72.9 Å². The van der Waals surface area contributed by atoms with Crippen molar-refractivity contribution in [2.45, 2.75) is 62.2 Å². The van der Waals surface area contributed by atoms with E-state index < -0.39 is 35.3 Å². The van der Waals surface area contributed by atoms with Crippen LogP contribution in [0.4, 0.5) is 18.9 Å². The van der Waals surface area contributed by atoms with E-state index in [-0.39, 0.29) is 40.8 Å². The third-order valence-corrected chi connectivity index (χ3v) is 9.63. The minimum absolute atomic E-state index is 0.0813. The van der Waals surface area contributed by atoms with E-state index >= 15 is 13.2 Å². The Bertz CT molecular complexity index is 1890. The number of fused-ring (bicyclic) bond motifs is 3. The zero-order valence-electron chi connectivity index (χ0n) is 27.3. The van der Waals surface area contributed by atoms with Gasteiger partial charge in [0.25, 0.3) is 5.69 Å². The van der Waals surface area contributed by atoms with Crippen molar-refractivity contribution < 1.29 is 47.3 Å². The van der Waals surface area contributed by atoms with Crippen LogP contribution in [-0.4, -0.2) is 75.7 Å². The molecule has 0 spiro atoms. The number of nitro groups is 1. The lowest BCUT2D eigenvalue weighted by Gasteiger charge is -2.43. The Labute approximate surface area is 285 Å². The number of non-ortho nitro benzene ring substituents is 1. The molecule has 0 saturated carbocycles. The van der Waals surface area contributed by atoms with Crippen LogP contribution in [-0.2, 0) is 16.9 Å². The number of nitro benzene ring substituents is 1. The zero-order chi connectivity index (χ0) is 35.8. The van der Waals surface area contributed by atoms with Crippen molar-refractivity contribution in [3.63, 3.8) is 0 Å². The predicted octanol–water partition coefficient (Wildman–Crippen LogP) is 6.54. The second kappa shape index (κ2) is 13.7. The number of halogens is 3. The Hall–Kier alpha value is -5.08. The van der Waals surface area contributed by atoms with Gasteiger partial charge in [-0.25, -0.2) is 4.79 Å². The standard InChI is InChI=1S/C36H36F3N3O8/c1-48-31-14-23(8-13-33(43)44)15-32(49-2)34(31)50-27-16-24-9-10-25(17-27)41(24)21-35(45,36(37,38)39)29-20-40(19-22-6-4-3-5-7-22)30-18-26(42(46)47)11-12-28(29)30/h3-8,11-15,18,20,24-25,27,45H,9-10,16-17,19,21H2,1-2H3,(H,43,44)/b13-8+/t24-,25+,27-,35?. The summed E-state index contributed by atoms with van der Waals surface area (Å²) >= 11 is 0. The molecule has 6 rings (SSSR count). The Balaban J connectivity index is 1.30. The SMILES string of the molecule is COc1cc(/C=C/C(=O)O)cc(OC)c1O[C@@H]1C[C@H]2CC[C@@H](C1)N2CC(O)(c1cn(Cc2ccccc2)c2cc([N+](=O)[O-])ccc12)C(F)(F)F. The first-order chi connectivity index (χ1) is 23.8.